The molecule has 1 amide bonds. The van der Waals surface area contributed by atoms with Crippen LogP contribution in [0, 0.1) is 0 Å². The number of benzene rings is 2. The van der Waals surface area contributed by atoms with Crippen LogP contribution in [-0.2, 0) is 0 Å². The maximum Gasteiger partial charge on any atom is 0.257 e. The van der Waals surface area contributed by atoms with Gasteiger partial charge in [-0.05, 0) is 42.7 Å². The Kier molecular flexibility index (Phi) is 3.89. The Morgan fingerprint density at radius 3 is 2.39 bits per heavy atom. The van der Waals surface area contributed by atoms with Crippen LogP contribution in [-0.4, -0.2) is 12.2 Å². The van der Waals surface area contributed by atoms with Crippen LogP contribution >= 0.6 is 11.8 Å². The van der Waals surface area contributed by atoms with E-state index in [1.165, 1.54) is 0 Å². The van der Waals surface area contributed by atoms with Crippen molar-refractivity contribution in [3.05, 3.63) is 54.1 Å². The van der Waals surface area contributed by atoms with Gasteiger partial charge in [0.15, 0.2) is 0 Å². The molecular formula is C14H14N2OS. The first-order chi connectivity index (χ1) is 8.70. The summed E-state index contributed by atoms with van der Waals surface area (Å²) in [5.41, 5.74) is 7.50. The van der Waals surface area contributed by atoms with Crippen molar-refractivity contribution < 1.29 is 4.79 Å². The van der Waals surface area contributed by atoms with Crippen LogP contribution in [0.4, 0.5) is 11.4 Å². The van der Waals surface area contributed by atoms with Crippen molar-refractivity contribution >= 4 is 29.0 Å². The van der Waals surface area contributed by atoms with Gasteiger partial charge < -0.3 is 11.1 Å². The van der Waals surface area contributed by atoms with Crippen LogP contribution in [0.2, 0.25) is 0 Å². The van der Waals surface area contributed by atoms with Crippen molar-refractivity contribution in [1.82, 2.24) is 0 Å². The number of nitrogens with one attached hydrogen (secondary N) is 1. The molecule has 0 atom stereocenters. The molecule has 2 rings (SSSR count). The third-order valence-corrected chi connectivity index (χ3v) is 3.30. The molecule has 0 bridgehead atoms. The van der Waals surface area contributed by atoms with Crippen LogP contribution in [0.25, 0.3) is 0 Å². The van der Waals surface area contributed by atoms with E-state index in [9.17, 15) is 4.79 Å². The molecule has 0 unspecified atom stereocenters. The first-order valence-corrected chi connectivity index (χ1v) is 6.73. The molecule has 4 heteroatoms. The normalized spacial score (nSPS) is 10.1. The maximum atomic E-state index is 12.0. The number of hydrogen-bond donors (Lipinski definition) is 2. The van der Waals surface area contributed by atoms with Gasteiger partial charge in [-0.2, -0.15) is 0 Å². The molecule has 0 spiro atoms. The molecule has 0 aliphatic heterocycles. The molecule has 0 aromatic heterocycles. The molecular weight excluding hydrogens is 244 g/mol. The summed E-state index contributed by atoms with van der Waals surface area (Å²) in [6, 6.07) is 14.7. The second kappa shape index (κ2) is 5.60. The predicted molar refractivity (Wildman–Crippen MR) is 77.0 cm³/mol. The number of nitrogens with two attached hydrogens (primary N) is 1. The quantitative estimate of drug-likeness (QED) is 0.656. The molecule has 0 fully saturated rings. The molecule has 0 saturated heterocycles. The van der Waals surface area contributed by atoms with Crippen LogP contribution < -0.4 is 11.1 Å². The number of amides is 1. The molecule has 0 saturated carbocycles. The van der Waals surface area contributed by atoms with Gasteiger partial charge >= 0.3 is 0 Å². The first-order valence-electron chi connectivity index (χ1n) is 5.50. The summed E-state index contributed by atoms with van der Waals surface area (Å²) in [5, 5.41) is 2.82. The molecule has 3 nitrogen and oxygen atoms in total. The zero-order valence-corrected chi connectivity index (χ0v) is 10.8. The number of carbonyl (C=O) groups is 1. The Morgan fingerprint density at radius 1 is 1.11 bits per heavy atom. The van der Waals surface area contributed by atoms with Gasteiger partial charge in [0.1, 0.15) is 0 Å². The van der Waals surface area contributed by atoms with Crippen LogP contribution in [0.1, 0.15) is 10.4 Å². The van der Waals surface area contributed by atoms with Crippen molar-refractivity contribution in [2.75, 3.05) is 17.3 Å². The fourth-order valence-corrected chi connectivity index (χ4v) is 1.98. The highest BCUT2D eigenvalue weighted by molar-refractivity contribution is 7.98. The molecule has 0 heterocycles. The summed E-state index contributed by atoms with van der Waals surface area (Å²) in [5.74, 6) is -0.190. The van der Waals surface area contributed by atoms with E-state index in [1.54, 1.807) is 36.0 Å². The third-order valence-electron chi connectivity index (χ3n) is 2.55. The first kappa shape index (κ1) is 12.5. The monoisotopic (exact) mass is 258 g/mol. The molecule has 2 aromatic rings. The van der Waals surface area contributed by atoms with Gasteiger partial charge in [0.05, 0.1) is 5.56 Å². The van der Waals surface area contributed by atoms with Crippen molar-refractivity contribution in [1.29, 1.82) is 0 Å². The van der Waals surface area contributed by atoms with Gasteiger partial charge in [-0.25, -0.2) is 0 Å². The van der Waals surface area contributed by atoms with Gasteiger partial charge in [-0.3, -0.25) is 4.79 Å². The smallest absolute Gasteiger partial charge is 0.257 e. The Labute approximate surface area is 110 Å². The summed E-state index contributed by atoms with van der Waals surface area (Å²) in [4.78, 5) is 13.2. The van der Waals surface area contributed by atoms with E-state index >= 15 is 0 Å². The van der Waals surface area contributed by atoms with Crippen LogP contribution in [0.3, 0.4) is 0 Å². The second-order valence-corrected chi connectivity index (χ2v) is 4.65. The Morgan fingerprint density at radius 2 is 1.78 bits per heavy atom. The number of anilines is 2. The topological polar surface area (TPSA) is 55.1 Å². The van der Waals surface area contributed by atoms with Gasteiger partial charge in [0.2, 0.25) is 0 Å². The minimum Gasteiger partial charge on any atom is -0.398 e. The van der Waals surface area contributed by atoms with E-state index in [4.69, 9.17) is 5.73 Å². The Bertz CT molecular complexity index is 552. The highest BCUT2D eigenvalue weighted by Crippen LogP contribution is 2.19. The summed E-state index contributed by atoms with van der Waals surface area (Å²) >= 11 is 1.66. The molecule has 3 N–H and O–H groups in total. The van der Waals surface area contributed by atoms with Crippen molar-refractivity contribution in [3.63, 3.8) is 0 Å². The summed E-state index contributed by atoms with van der Waals surface area (Å²) < 4.78 is 0. The minimum absolute atomic E-state index is 0.190. The van der Waals surface area contributed by atoms with E-state index in [2.05, 4.69) is 5.32 Å². The van der Waals surface area contributed by atoms with Crippen LogP contribution in [0.15, 0.2) is 53.4 Å². The maximum absolute atomic E-state index is 12.0. The molecule has 0 aliphatic carbocycles. The van der Waals surface area contributed by atoms with Crippen molar-refractivity contribution in [3.8, 4) is 0 Å². The lowest BCUT2D eigenvalue weighted by molar-refractivity contribution is 0.102. The lowest BCUT2D eigenvalue weighted by Gasteiger charge is -2.07. The molecule has 0 radical (unpaired) electrons. The fourth-order valence-electron chi connectivity index (χ4n) is 1.58. The Balaban J connectivity index is 2.14. The van der Waals surface area contributed by atoms with Crippen LogP contribution in [0.5, 0.6) is 0 Å². The fraction of sp³-hybridized carbons (Fsp3) is 0.0714. The van der Waals surface area contributed by atoms with Gasteiger partial charge in [0.25, 0.3) is 5.91 Å². The van der Waals surface area contributed by atoms with E-state index in [0.717, 1.165) is 10.6 Å². The molecule has 0 aliphatic rings. The zero-order chi connectivity index (χ0) is 13.0. The van der Waals surface area contributed by atoms with E-state index in [-0.39, 0.29) is 5.91 Å². The number of hydrogen-bond acceptors (Lipinski definition) is 3. The average molecular weight is 258 g/mol. The summed E-state index contributed by atoms with van der Waals surface area (Å²) in [6.45, 7) is 0. The zero-order valence-electron chi connectivity index (χ0n) is 10.0. The van der Waals surface area contributed by atoms with Gasteiger partial charge in [0, 0.05) is 16.3 Å². The minimum atomic E-state index is -0.190. The van der Waals surface area contributed by atoms with E-state index < -0.39 is 0 Å². The largest absolute Gasteiger partial charge is 0.398 e. The van der Waals surface area contributed by atoms with Crippen molar-refractivity contribution in [2.45, 2.75) is 4.90 Å². The van der Waals surface area contributed by atoms with Gasteiger partial charge in [-0.1, -0.05) is 12.1 Å². The van der Waals surface area contributed by atoms with E-state index in [0.29, 0.717) is 11.3 Å². The van der Waals surface area contributed by atoms with Crippen molar-refractivity contribution in [2.24, 2.45) is 0 Å². The van der Waals surface area contributed by atoms with Gasteiger partial charge in [-0.15, -0.1) is 11.8 Å². The number of para-hydroxylation sites is 1. The molecule has 92 valence electrons. The highest BCUT2D eigenvalue weighted by atomic mass is 32.2. The Hall–Kier alpha value is -1.94. The number of carbonyl (C=O) groups excluding carboxylic acids is 1. The molecule has 18 heavy (non-hydrogen) atoms. The lowest BCUT2D eigenvalue weighted by Crippen LogP contribution is -2.13. The number of rotatable bonds is 3. The summed E-state index contributed by atoms with van der Waals surface area (Å²) in [6.07, 6.45) is 2.01. The number of nitrogen functional groups attached to an aromatic ring is 1. The number of thioether (sulfide) groups is 1. The molecule has 2 aromatic carbocycles. The lowest BCUT2D eigenvalue weighted by atomic mass is 10.1. The third kappa shape index (κ3) is 2.84. The van der Waals surface area contributed by atoms with E-state index in [1.807, 2.05) is 30.5 Å². The highest BCUT2D eigenvalue weighted by Gasteiger charge is 2.08. The standard InChI is InChI=1S/C14H14N2OS/c1-18-11-8-6-10(7-9-11)16-14(17)12-4-2-3-5-13(12)15/h2-9H,15H2,1H3,(H,16,17). The SMILES string of the molecule is CSc1ccc(NC(=O)c2ccccc2N)cc1. The summed E-state index contributed by atoms with van der Waals surface area (Å²) in [7, 11) is 0. The average Bonchev–Trinajstić information content (AvgIpc) is 2.40. The second-order valence-electron chi connectivity index (χ2n) is 3.77. The predicted octanol–water partition coefficient (Wildman–Crippen LogP) is 3.24.